The maximum absolute atomic E-state index is 12.5. The summed E-state index contributed by atoms with van der Waals surface area (Å²) in [5, 5.41) is 2.95. The molecule has 0 radical (unpaired) electrons. The molecular weight excluding hydrogens is 410 g/mol. The number of carbonyl (C=O) groups excluding carboxylic acids is 1. The summed E-state index contributed by atoms with van der Waals surface area (Å²) in [6.45, 7) is 6.59. The number of hydrogen-bond acceptors (Lipinski definition) is 4. The van der Waals surface area contributed by atoms with Crippen molar-refractivity contribution in [3.05, 3.63) is 63.0 Å². The fourth-order valence-corrected chi connectivity index (χ4v) is 3.78. The topological polar surface area (TPSA) is 63.6 Å². The Morgan fingerprint density at radius 3 is 2.63 bits per heavy atom. The normalized spacial score (nSPS) is 20.4. The summed E-state index contributed by atoms with van der Waals surface area (Å²) in [5.41, 5.74) is 1.61. The van der Waals surface area contributed by atoms with E-state index >= 15 is 0 Å². The van der Waals surface area contributed by atoms with Gasteiger partial charge in [0.15, 0.2) is 0 Å². The van der Waals surface area contributed by atoms with E-state index in [2.05, 4.69) is 40.0 Å². The van der Waals surface area contributed by atoms with Gasteiger partial charge in [-0.05, 0) is 47.5 Å². The molecule has 1 saturated heterocycles. The molecule has 3 rings (SSSR count). The molecule has 2 aromatic rings. The molecule has 1 aliphatic heterocycles. The number of aromatic nitrogens is 1. The van der Waals surface area contributed by atoms with Gasteiger partial charge >= 0.3 is 0 Å². The summed E-state index contributed by atoms with van der Waals surface area (Å²) in [7, 11) is 0. The van der Waals surface area contributed by atoms with Crippen LogP contribution in [0.15, 0.2) is 51.9 Å². The highest BCUT2D eigenvalue weighted by molar-refractivity contribution is 9.10. The minimum absolute atomic E-state index is 0.0295. The average molecular weight is 434 g/mol. The third kappa shape index (κ3) is 5.51. The zero-order valence-electron chi connectivity index (χ0n) is 15.5. The lowest BCUT2D eigenvalue weighted by Crippen LogP contribution is -2.44. The van der Waals surface area contributed by atoms with Crippen molar-refractivity contribution in [3.63, 3.8) is 0 Å². The van der Waals surface area contributed by atoms with E-state index in [1.54, 1.807) is 12.3 Å². The van der Waals surface area contributed by atoms with Gasteiger partial charge in [-0.3, -0.25) is 14.5 Å². The van der Waals surface area contributed by atoms with Crippen molar-refractivity contribution in [1.82, 2.24) is 9.47 Å². The van der Waals surface area contributed by atoms with E-state index in [-0.39, 0.29) is 30.2 Å². The van der Waals surface area contributed by atoms with Gasteiger partial charge in [0.1, 0.15) is 6.54 Å². The van der Waals surface area contributed by atoms with E-state index in [1.807, 2.05) is 24.3 Å². The van der Waals surface area contributed by atoms with Crippen LogP contribution in [0.2, 0.25) is 0 Å². The van der Waals surface area contributed by atoms with Gasteiger partial charge in [-0.2, -0.15) is 0 Å². The fraction of sp³-hybridized carbons (Fsp3) is 0.400. The molecule has 1 N–H and O–H groups in total. The molecule has 1 aromatic heterocycles. The highest BCUT2D eigenvalue weighted by Gasteiger charge is 2.22. The number of morpholine rings is 1. The van der Waals surface area contributed by atoms with Gasteiger partial charge in [0.25, 0.3) is 5.56 Å². The number of ether oxygens (including phenoxy) is 1. The first-order valence-corrected chi connectivity index (χ1v) is 9.81. The van der Waals surface area contributed by atoms with Crippen molar-refractivity contribution in [2.24, 2.45) is 0 Å². The second-order valence-electron chi connectivity index (χ2n) is 6.97. The van der Waals surface area contributed by atoms with Crippen LogP contribution in [-0.4, -0.2) is 40.7 Å². The second-order valence-corrected chi connectivity index (χ2v) is 7.89. The number of rotatable bonds is 5. The molecule has 6 nitrogen and oxygen atoms in total. The second kappa shape index (κ2) is 8.82. The van der Waals surface area contributed by atoms with Crippen LogP contribution in [0.25, 0.3) is 0 Å². The highest BCUT2D eigenvalue weighted by Crippen LogP contribution is 2.20. The largest absolute Gasteiger partial charge is 0.373 e. The summed E-state index contributed by atoms with van der Waals surface area (Å²) in [5.74, 6) is -0.230. The van der Waals surface area contributed by atoms with Crippen LogP contribution >= 0.6 is 15.9 Å². The molecule has 0 spiro atoms. The molecule has 1 aliphatic rings. The summed E-state index contributed by atoms with van der Waals surface area (Å²) >= 11 is 3.32. The Kier molecular flexibility index (Phi) is 6.46. The number of benzene rings is 1. The summed E-state index contributed by atoms with van der Waals surface area (Å²) < 4.78 is 7.93. The van der Waals surface area contributed by atoms with E-state index in [9.17, 15) is 9.59 Å². The van der Waals surface area contributed by atoms with Gasteiger partial charge in [0.05, 0.1) is 12.2 Å². The Morgan fingerprint density at radius 1 is 1.19 bits per heavy atom. The van der Waals surface area contributed by atoms with Crippen molar-refractivity contribution in [1.29, 1.82) is 0 Å². The van der Waals surface area contributed by atoms with Gasteiger partial charge in [-0.15, -0.1) is 0 Å². The smallest absolute Gasteiger partial charge is 0.251 e. The Bertz CT molecular complexity index is 858. The molecule has 0 saturated carbocycles. The molecular formula is C20H24BrN3O3. The van der Waals surface area contributed by atoms with Gasteiger partial charge in [0, 0.05) is 42.1 Å². The van der Waals surface area contributed by atoms with Gasteiger partial charge < -0.3 is 14.6 Å². The molecule has 2 atom stereocenters. The van der Waals surface area contributed by atoms with Crippen molar-refractivity contribution < 1.29 is 9.53 Å². The number of carbonyl (C=O) groups is 1. The molecule has 144 valence electrons. The van der Waals surface area contributed by atoms with E-state index in [0.717, 1.165) is 35.4 Å². The number of halogens is 1. The third-order valence-corrected chi connectivity index (χ3v) is 4.91. The molecule has 27 heavy (non-hydrogen) atoms. The number of anilines is 1. The van der Waals surface area contributed by atoms with Gasteiger partial charge in [0.2, 0.25) is 5.91 Å². The zero-order chi connectivity index (χ0) is 19.4. The predicted octanol–water partition coefficient (Wildman–Crippen LogP) is 2.86. The van der Waals surface area contributed by atoms with E-state index in [4.69, 9.17) is 4.74 Å². The van der Waals surface area contributed by atoms with Crippen molar-refractivity contribution in [2.75, 3.05) is 18.4 Å². The first-order chi connectivity index (χ1) is 12.9. The minimum Gasteiger partial charge on any atom is -0.373 e. The Balaban J connectivity index is 1.69. The Hall–Kier alpha value is -1.96. The highest BCUT2D eigenvalue weighted by atomic mass is 79.9. The lowest BCUT2D eigenvalue weighted by molar-refractivity contribution is -0.116. The van der Waals surface area contributed by atoms with E-state index in [1.165, 1.54) is 10.6 Å². The lowest BCUT2D eigenvalue weighted by atomic mass is 10.1. The number of nitrogens with zero attached hydrogens (tertiary/aromatic N) is 2. The maximum Gasteiger partial charge on any atom is 0.251 e. The van der Waals surface area contributed by atoms with Crippen LogP contribution in [0, 0.1) is 0 Å². The number of para-hydroxylation sites is 1. The van der Waals surface area contributed by atoms with E-state index in [0.29, 0.717) is 0 Å². The van der Waals surface area contributed by atoms with Gasteiger partial charge in [-0.25, -0.2) is 0 Å². The number of nitrogens with one attached hydrogen (secondary N) is 1. The monoisotopic (exact) mass is 433 g/mol. The SMILES string of the molecule is CC1CN(Cc2ccccc2NC(=O)Cn2cc(Br)ccc2=O)CC(C)O1. The number of hydrogen-bond donors (Lipinski definition) is 1. The molecule has 1 amide bonds. The summed E-state index contributed by atoms with van der Waals surface area (Å²) in [6.07, 6.45) is 2.00. The van der Waals surface area contributed by atoms with Crippen molar-refractivity contribution in [2.45, 2.75) is 39.1 Å². The Morgan fingerprint density at radius 2 is 1.89 bits per heavy atom. The zero-order valence-corrected chi connectivity index (χ0v) is 17.1. The molecule has 7 heteroatoms. The van der Waals surface area contributed by atoms with Crippen LogP contribution in [0.5, 0.6) is 0 Å². The molecule has 2 unspecified atom stereocenters. The standard InChI is InChI=1S/C20H24BrN3O3/c1-14-9-23(10-15(2)27-14)11-16-5-3-4-6-18(16)22-19(25)13-24-12-17(21)7-8-20(24)26/h3-8,12,14-15H,9-11,13H2,1-2H3,(H,22,25). The first kappa shape index (κ1) is 19.8. The number of pyridine rings is 1. The summed E-state index contributed by atoms with van der Waals surface area (Å²) in [4.78, 5) is 26.7. The van der Waals surface area contributed by atoms with Crippen LogP contribution in [-0.2, 0) is 22.6 Å². The lowest BCUT2D eigenvalue weighted by Gasteiger charge is -2.35. The third-order valence-electron chi connectivity index (χ3n) is 4.44. The predicted molar refractivity (Wildman–Crippen MR) is 109 cm³/mol. The van der Waals surface area contributed by atoms with Crippen LogP contribution in [0.3, 0.4) is 0 Å². The van der Waals surface area contributed by atoms with Crippen LogP contribution < -0.4 is 10.9 Å². The van der Waals surface area contributed by atoms with Crippen molar-refractivity contribution in [3.8, 4) is 0 Å². The molecule has 0 bridgehead atoms. The number of amides is 1. The molecule has 1 fully saturated rings. The quantitative estimate of drug-likeness (QED) is 0.787. The minimum atomic E-state index is -0.230. The molecule has 0 aliphatic carbocycles. The van der Waals surface area contributed by atoms with Crippen LogP contribution in [0.4, 0.5) is 5.69 Å². The van der Waals surface area contributed by atoms with Crippen LogP contribution in [0.1, 0.15) is 19.4 Å². The molecule has 1 aromatic carbocycles. The average Bonchev–Trinajstić information content (AvgIpc) is 2.59. The summed E-state index contributed by atoms with van der Waals surface area (Å²) in [6, 6.07) is 10.9. The van der Waals surface area contributed by atoms with Crippen molar-refractivity contribution >= 4 is 27.5 Å². The Labute approximate surface area is 167 Å². The fourth-order valence-electron chi connectivity index (χ4n) is 3.40. The van der Waals surface area contributed by atoms with Gasteiger partial charge in [-0.1, -0.05) is 18.2 Å². The first-order valence-electron chi connectivity index (χ1n) is 9.02. The maximum atomic E-state index is 12.5. The molecule has 2 heterocycles. The van der Waals surface area contributed by atoms with E-state index < -0.39 is 0 Å².